The second-order valence-electron chi connectivity index (χ2n) is 5.60. The lowest BCUT2D eigenvalue weighted by molar-refractivity contribution is 0.0827. The molecule has 2 amide bonds. The molecule has 0 radical (unpaired) electrons. The van der Waals surface area contributed by atoms with Gasteiger partial charge in [0.15, 0.2) is 0 Å². The smallest absolute Gasteiger partial charge is 0.253 e. The lowest BCUT2D eigenvalue weighted by Gasteiger charge is -2.13. The first kappa shape index (κ1) is 16.3. The number of nitrogens with one attached hydrogen (secondary N) is 1. The Bertz CT molecular complexity index is 917. The summed E-state index contributed by atoms with van der Waals surface area (Å²) in [4.78, 5) is 25.6. The number of carbonyl (C=O) groups excluding carboxylic acids is 2. The highest BCUT2D eigenvalue weighted by molar-refractivity contribution is 6.05. The molecular weight excluding hydrogens is 320 g/mol. The van der Waals surface area contributed by atoms with Crippen molar-refractivity contribution in [2.24, 2.45) is 5.73 Å². The van der Waals surface area contributed by atoms with Gasteiger partial charge in [-0.2, -0.15) is 5.21 Å². The van der Waals surface area contributed by atoms with Gasteiger partial charge < -0.3 is 10.6 Å². The van der Waals surface area contributed by atoms with Crippen LogP contribution in [0.4, 0.5) is 0 Å². The fourth-order valence-corrected chi connectivity index (χ4v) is 2.57. The van der Waals surface area contributed by atoms with E-state index in [0.29, 0.717) is 22.3 Å². The van der Waals surface area contributed by atoms with Crippen molar-refractivity contribution in [2.75, 3.05) is 14.1 Å². The summed E-state index contributed by atoms with van der Waals surface area (Å²) in [5.74, 6) is -0.402. The van der Waals surface area contributed by atoms with Crippen LogP contribution in [-0.4, -0.2) is 51.4 Å². The van der Waals surface area contributed by atoms with E-state index in [2.05, 4.69) is 20.6 Å². The molecule has 3 aromatic rings. The van der Waals surface area contributed by atoms with Crippen molar-refractivity contribution >= 4 is 11.8 Å². The predicted octanol–water partition coefficient (Wildman–Crippen LogP) is 1.33. The maximum Gasteiger partial charge on any atom is 0.253 e. The average molecular weight is 336 g/mol. The van der Waals surface area contributed by atoms with Crippen LogP contribution in [0.3, 0.4) is 0 Å². The molecule has 3 N–H and O–H groups in total. The van der Waals surface area contributed by atoms with Crippen LogP contribution >= 0.6 is 0 Å². The zero-order chi connectivity index (χ0) is 18.0. The predicted molar refractivity (Wildman–Crippen MR) is 91.6 cm³/mol. The average Bonchev–Trinajstić information content (AvgIpc) is 3.15. The first-order valence-corrected chi connectivity index (χ1v) is 7.47. The minimum atomic E-state index is -0.594. The topological polar surface area (TPSA) is 118 Å². The highest BCUT2D eigenvalue weighted by Crippen LogP contribution is 2.30. The van der Waals surface area contributed by atoms with Crippen molar-refractivity contribution in [3.63, 3.8) is 0 Å². The Labute approximate surface area is 143 Å². The van der Waals surface area contributed by atoms with Gasteiger partial charge in [0, 0.05) is 25.2 Å². The van der Waals surface area contributed by atoms with Gasteiger partial charge in [-0.1, -0.05) is 30.3 Å². The summed E-state index contributed by atoms with van der Waals surface area (Å²) < 4.78 is 0. The second-order valence-corrected chi connectivity index (χ2v) is 5.60. The summed E-state index contributed by atoms with van der Waals surface area (Å²) >= 11 is 0. The van der Waals surface area contributed by atoms with Gasteiger partial charge in [0.1, 0.15) is 0 Å². The van der Waals surface area contributed by atoms with Gasteiger partial charge in [0.05, 0.1) is 5.56 Å². The quantitative estimate of drug-likeness (QED) is 0.745. The SMILES string of the molecule is CN(C)C(=O)c1ccc(-c2cccc(-c3nn[nH]n3)c2C(N)=O)cc1. The lowest BCUT2D eigenvalue weighted by atomic mass is 9.94. The van der Waals surface area contributed by atoms with E-state index in [1.807, 2.05) is 0 Å². The molecule has 3 rings (SSSR count). The van der Waals surface area contributed by atoms with E-state index in [9.17, 15) is 9.59 Å². The maximum absolute atomic E-state index is 12.1. The van der Waals surface area contributed by atoms with Crippen LogP contribution in [0.5, 0.6) is 0 Å². The molecule has 8 nitrogen and oxygen atoms in total. The number of tetrazole rings is 1. The zero-order valence-electron chi connectivity index (χ0n) is 13.7. The number of carbonyl (C=O) groups is 2. The fraction of sp³-hybridized carbons (Fsp3) is 0.118. The molecule has 0 aliphatic rings. The number of hydrogen-bond donors (Lipinski definition) is 2. The van der Waals surface area contributed by atoms with Crippen molar-refractivity contribution in [3.05, 3.63) is 53.6 Å². The second kappa shape index (κ2) is 6.52. The van der Waals surface area contributed by atoms with Gasteiger partial charge in [-0.15, -0.1) is 10.2 Å². The summed E-state index contributed by atoms with van der Waals surface area (Å²) in [6.45, 7) is 0. The van der Waals surface area contributed by atoms with Crippen LogP contribution in [0.1, 0.15) is 20.7 Å². The number of nitrogens with zero attached hydrogens (tertiary/aromatic N) is 4. The Kier molecular flexibility index (Phi) is 4.25. The van der Waals surface area contributed by atoms with E-state index in [1.165, 1.54) is 4.90 Å². The molecule has 0 atom stereocenters. The normalized spacial score (nSPS) is 10.5. The number of aromatic nitrogens is 4. The van der Waals surface area contributed by atoms with Crippen LogP contribution in [-0.2, 0) is 0 Å². The lowest BCUT2D eigenvalue weighted by Crippen LogP contribution is -2.21. The van der Waals surface area contributed by atoms with Crippen LogP contribution in [0.25, 0.3) is 22.5 Å². The number of benzene rings is 2. The molecule has 0 spiro atoms. The molecule has 8 heteroatoms. The standard InChI is InChI=1S/C17H16N6O2/c1-23(2)17(25)11-8-6-10(7-9-11)12-4-3-5-13(14(12)15(18)24)16-19-21-22-20-16/h3-9H,1-2H3,(H2,18,24)(H,19,20,21,22). The Morgan fingerprint density at radius 2 is 1.72 bits per heavy atom. The Morgan fingerprint density at radius 1 is 1.04 bits per heavy atom. The summed E-state index contributed by atoms with van der Waals surface area (Å²) in [6.07, 6.45) is 0. The molecule has 1 aromatic heterocycles. The van der Waals surface area contributed by atoms with Gasteiger partial charge in [0.25, 0.3) is 5.91 Å². The molecule has 0 unspecified atom stereocenters. The van der Waals surface area contributed by atoms with Crippen molar-refractivity contribution in [1.29, 1.82) is 0 Å². The van der Waals surface area contributed by atoms with E-state index >= 15 is 0 Å². The van der Waals surface area contributed by atoms with E-state index in [-0.39, 0.29) is 11.7 Å². The number of primary amides is 1. The fourth-order valence-electron chi connectivity index (χ4n) is 2.57. The third kappa shape index (κ3) is 3.09. The van der Waals surface area contributed by atoms with E-state index in [4.69, 9.17) is 5.73 Å². The van der Waals surface area contributed by atoms with Crippen LogP contribution in [0, 0.1) is 0 Å². The molecule has 0 bridgehead atoms. The van der Waals surface area contributed by atoms with Gasteiger partial charge in [-0.3, -0.25) is 9.59 Å². The van der Waals surface area contributed by atoms with Crippen LogP contribution < -0.4 is 5.73 Å². The minimum Gasteiger partial charge on any atom is -0.366 e. The Hall–Kier alpha value is -3.55. The van der Waals surface area contributed by atoms with E-state index < -0.39 is 5.91 Å². The number of rotatable bonds is 4. The number of hydrogen-bond acceptors (Lipinski definition) is 5. The molecule has 0 aliphatic carbocycles. The molecular formula is C17H16N6O2. The molecule has 126 valence electrons. The molecule has 0 aliphatic heterocycles. The number of H-pyrrole nitrogens is 1. The van der Waals surface area contributed by atoms with E-state index in [1.54, 1.807) is 56.6 Å². The summed E-state index contributed by atoms with van der Waals surface area (Å²) in [7, 11) is 3.38. The number of aromatic amines is 1. The van der Waals surface area contributed by atoms with Crippen molar-refractivity contribution in [1.82, 2.24) is 25.5 Å². The van der Waals surface area contributed by atoms with Crippen molar-refractivity contribution in [3.8, 4) is 22.5 Å². The highest BCUT2D eigenvalue weighted by Gasteiger charge is 2.19. The molecule has 2 aromatic carbocycles. The molecule has 0 saturated heterocycles. The van der Waals surface area contributed by atoms with Crippen LogP contribution in [0.2, 0.25) is 0 Å². The first-order chi connectivity index (χ1) is 12.0. The summed E-state index contributed by atoms with van der Waals surface area (Å²) in [5, 5.41) is 13.7. The van der Waals surface area contributed by atoms with Gasteiger partial charge >= 0.3 is 0 Å². The Morgan fingerprint density at radius 3 is 2.28 bits per heavy atom. The van der Waals surface area contributed by atoms with Gasteiger partial charge in [0.2, 0.25) is 11.7 Å². The Balaban J connectivity index is 2.10. The molecule has 0 fully saturated rings. The summed E-state index contributed by atoms with van der Waals surface area (Å²) in [5.41, 5.74) is 8.34. The molecule has 0 saturated carbocycles. The maximum atomic E-state index is 12.1. The number of amides is 2. The zero-order valence-corrected chi connectivity index (χ0v) is 13.7. The van der Waals surface area contributed by atoms with Gasteiger partial charge in [-0.05, 0) is 28.5 Å². The minimum absolute atomic E-state index is 0.0952. The largest absolute Gasteiger partial charge is 0.366 e. The highest BCUT2D eigenvalue weighted by atomic mass is 16.2. The molecule has 25 heavy (non-hydrogen) atoms. The molecule has 1 heterocycles. The van der Waals surface area contributed by atoms with E-state index in [0.717, 1.165) is 5.56 Å². The van der Waals surface area contributed by atoms with Gasteiger partial charge in [-0.25, -0.2) is 0 Å². The first-order valence-electron chi connectivity index (χ1n) is 7.47. The third-order valence-corrected chi connectivity index (χ3v) is 3.75. The number of nitrogens with two attached hydrogens (primary N) is 1. The third-order valence-electron chi connectivity index (χ3n) is 3.75. The monoisotopic (exact) mass is 336 g/mol. The summed E-state index contributed by atoms with van der Waals surface area (Å²) in [6, 6.07) is 12.3. The van der Waals surface area contributed by atoms with Crippen LogP contribution in [0.15, 0.2) is 42.5 Å². The van der Waals surface area contributed by atoms with Crippen molar-refractivity contribution in [2.45, 2.75) is 0 Å². The van der Waals surface area contributed by atoms with Crippen molar-refractivity contribution < 1.29 is 9.59 Å².